The van der Waals surface area contributed by atoms with Crippen molar-refractivity contribution < 1.29 is 18.7 Å². The van der Waals surface area contributed by atoms with E-state index in [0.717, 1.165) is 19.3 Å². The largest absolute Gasteiger partial charge is 0.492 e. The predicted molar refractivity (Wildman–Crippen MR) is 94.6 cm³/mol. The molecular weight excluding hydrogens is 343 g/mol. The van der Waals surface area contributed by atoms with E-state index in [0.29, 0.717) is 61.2 Å². The zero-order valence-corrected chi connectivity index (χ0v) is 15.3. The molecular formula is C20H24ClFO3. The summed E-state index contributed by atoms with van der Waals surface area (Å²) in [5.41, 5.74) is 0.384. The Balaban J connectivity index is 1.79. The number of ketones is 2. The van der Waals surface area contributed by atoms with Gasteiger partial charge in [0.05, 0.1) is 6.61 Å². The fraction of sp³-hybridized carbons (Fsp3) is 0.600. The Hall–Kier alpha value is -1.42. The van der Waals surface area contributed by atoms with Gasteiger partial charge in [-0.2, -0.15) is 0 Å². The van der Waals surface area contributed by atoms with Gasteiger partial charge in [-0.3, -0.25) is 9.59 Å². The van der Waals surface area contributed by atoms with E-state index in [-0.39, 0.29) is 10.8 Å². The number of hydrogen-bond acceptors (Lipinski definition) is 3. The maximum Gasteiger partial charge on any atom is 0.149 e. The highest BCUT2D eigenvalue weighted by Gasteiger charge is 2.36. The molecule has 2 aliphatic rings. The third-order valence-corrected chi connectivity index (χ3v) is 6.05. The van der Waals surface area contributed by atoms with Crippen LogP contribution in [0.25, 0.3) is 0 Å². The molecule has 0 saturated heterocycles. The SMILES string of the molecule is CCOc1ccc(C2CC(C3CCC(=O)CC3)CCC2=O)c(F)c1Cl. The minimum absolute atomic E-state index is 0.0439. The van der Waals surface area contributed by atoms with Crippen molar-refractivity contribution in [3.63, 3.8) is 0 Å². The molecule has 0 amide bonds. The second-order valence-electron chi connectivity index (χ2n) is 7.14. The third kappa shape index (κ3) is 3.89. The van der Waals surface area contributed by atoms with E-state index in [1.165, 1.54) is 0 Å². The molecule has 2 saturated carbocycles. The van der Waals surface area contributed by atoms with Crippen LogP contribution < -0.4 is 4.74 Å². The Morgan fingerprint density at radius 2 is 1.80 bits per heavy atom. The first-order valence-corrected chi connectivity index (χ1v) is 9.54. The standard InChI is InChI=1S/C20H24ClFO3/c1-2-25-18-10-8-15(20(22)19(18)21)16-11-13(5-9-17(16)24)12-3-6-14(23)7-4-12/h8,10,12-13,16H,2-7,9,11H2,1H3. The fourth-order valence-corrected chi connectivity index (χ4v) is 4.53. The maximum absolute atomic E-state index is 14.8. The van der Waals surface area contributed by atoms with Crippen LogP contribution in [0.4, 0.5) is 4.39 Å². The number of hydrogen-bond donors (Lipinski definition) is 0. The first kappa shape index (κ1) is 18.4. The molecule has 3 rings (SSSR count). The van der Waals surface area contributed by atoms with E-state index in [1.54, 1.807) is 12.1 Å². The lowest BCUT2D eigenvalue weighted by atomic mass is 9.68. The van der Waals surface area contributed by atoms with Crippen molar-refractivity contribution in [2.75, 3.05) is 6.61 Å². The number of carbonyl (C=O) groups is 2. The lowest BCUT2D eigenvalue weighted by molar-refractivity contribution is -0.125. The van der Waals surface area contributed by atoms with E-state index >= 15 is 0 Å². The molecule has 25 heavy (non-hydrogen) atoms. The normalized spacial score (nSPS) is 25.2. The average Bonchev–Trinajstić information content (AvgIpc) is 2.61. The summed E-state index contributed by atoms with van der Waals surface area (Å²) < 4.78 is 20.1. The van der Waals surface area contributed by atoms with Gasteiger partial charge in [-0.05, 0) is 50.5 Å². The van der Waals surface area contributed by atoms with E-state index in [9.17, 15) is 14.0 Å². The molecule has 5 heteroatoms. The number of Topliss-reactive ketones (excluding diaryl/α,β-unsaturated/α-hetero) is 2. The molecule has 2 aliphatic carbocycles. The summed E-state index contributed by atoms with van der Waals surface area (Å²) in [4.78, 5) is 23.9. The molecule has 0 spiro atoms. The molecule has 0 N–H and O–H groups in total. The summed E-state index contributed by atoms with van der Waals surface area (Å²) in [6.07, 6.45) is 5.06. The summed E-state index contributed by atoms with van der Waals surface area (Å²) >= 11 is 6.10. The van der Waals surface area contributed by atoms with Crippen LogP contribution in [-0.2, 0) is 9.59 Å². The molecule has 0 radical (unpaired) electrons. The van der Waals surface area contributed by atoms with Crippen molar-refractivity contribution in [1.82, 2.24) is 0 Å². The molecule has 3 nitrogen and oxygen atoms in total. The highest BCUT2D eigenvalue weighted by Crippen LogP contribution is 2.43. The van der Waals surface area contributed by atoms with Crippen LogP contribution in [0.15, 0.2) is 12.1 Å². The molecule has 0 bridgehead atoms. The van der Waals surface area contributed by atoms with Crippen molar-refractivity contribution in [3.05, 3.63) is 28.5 Å². The summed E-state index contributed by atoms with van der Waals surface area (Å²) in [7, 11) is 0. The van der Waals surface area contributed by atoms with Crippen LogP contribution in [0.5, 0.6) is 5.75 Å². The number of rotatable bonds is 4. The lowest BCUT2D eigenvalue weighted by Gasteiger charge is -2.35. The summed E-state index contributed by atoms with van der Waals surface area (Å²) in [5.74, 6) is 0.604. The Bertz CT molecular complexity index is 663. The minimum atomic E-state index is -0.537. The monoisotopic (exact) mass is 366 g/mol. The Kier molecular flexibility index (Phi) is 5.78. The summed E-state index contributed by atoms with van der Waals surface area (Å²) in [6, 6.07) is 3.29. The van der Waals surface area contributed by atoms with Crippen molar-refractivity contribution in [3.8, 4) is 5.75 Å². The quantitative estimate of drug-likeness (QED) is 0.745. The van der Waals surface area contributed by atoms with Crippen LogP contribution in [0.1, 0.15) is 63.4 Å². The predicted octanol–water partition coefficient (Wildman–Crippen LogP) is 5.09. The van der Waals surface area contributed by atoms with Crippen LogP contribution in [0.3, 0.4) is 0 Å². The second kappa shape index (κ2) is 7.86. The Morgan fingerprint density at radius 1 is 1.12 bits per heavy atom. The van der Waals surface area contributed by atoms with Gasteiger partial charge < -0.3 is 4.74 Å². The van der Waals surface area contributed by atoms with Gasteiger partial charge in [0, 0.05) is 30.7 Å². The molecule has 136 valence electrons. The van der Waals surface area contributed by atoms with Crippen LogP contribution in [-0.4, -0.2) is 18.2 Å². The molecule has 2 atom stereocenters. The zero-order chi connectivity index (χ0) is 18.0. The second-order valence-corrected chi connectivity index (χ2v) is 7.52. The topological polar surface area (TPSA) is 43.4 Å². The summed E-state index contributed by atoms with van der Waals surface area (Å²) in [6.45, 7) is 2.22. The lowest BCUT2D eigenvalue weighted by Crippen LogP contribution is -2.30. The molecule has 1 aromatic rings. The van der Waals surface area contributed by atoms with Gasteiger partial charge in [0.25, 0.3) is 0 Å². The van der Waals surface area contributed by atoms with Crippen LogP contribution in [0.2, 0.25) is 5.02 Å². The van der Waals surface area contributed by atoms with Crippen molar-refractivity contribution in [1.29, 1.82) is 0 Å². The van der Waals surface area contributed by atoms with E-state index in [1.807, 2.05) is 6.92 Å². The molecule has 0 aromatic heterocycles. The fourth-order valence-electron chi connectivity index (χ4n) is 4.30. The van der Waals surface area contributed by atoms with E-state index in [2.05, 4.69) is 0 Å². The van der Waals surface area contributed by atoms with Crippen molar-refractivity contribution in [2.45, 2.75) is 57.8 Å². The zero-order valence-electron chi connectivity index (χ0n) is 14.5. The molecule has 0 heterocycles. The van der Waals surface area contributed by atoms with Gasteiger partial charge in [0.1, 0.15) is 28.2 Å². The molecule has 0 aliphatic heterocycles. The maximum atomic E-state index is 14.8. The van der Waals surface area contributed by atoms with Gasteiger partial charge >= 0.3 is 0 Å². The third-order valence-electron chi connectivity index (χ3n) is 5.70. The van der Waals surface area contributed by atoms with E-state index < -0.39 is 11.7 Å². The van der Waals surface area contributed by atoms with E-state index in [4.69, 9.17) is 16.3 Å². The number of halogens is 2. The van der Waals surface area contributed by atoms with Gasteiger partial charge in [-0.1, -0.05) is 17.7 Å². The van der Waals surface area contributed by atoms with Gasteiger partial charge in [0.2, 0.25) is 0 Å². The molecule has 2 fully saturated rings. The van der Waals surface area contributed by atoms with Gasteiger partial charge in [0.15, 0.2) is 0 Å². The van der Waals surface area contributed by atoms with Gasteiger partial charge in [-0.15, -0.1) is 0 Å². The van der Waals surface area contributed by atoms with Crippen LogP contribution in [0, 0.1) is 17.7 Å². The smallest absolute Gasteiger partial charge is 0.149 e. The number of ether oxygens (including phenoxy) is 1. The highest BCUT2D eigenvalue weighted by atomic mass is 35.5. The highest BCUT2D eigenvalue weighted by molar-refractivity contribution is 6.32. The summed E-state index contributed by atoms with van der Waals surface area (Å²) in [5, 5.41) is -0.0439. The van der Waals surface area contributed by atoms with Crippen molar-refractivity contribution in [2.24, 2.45) is 11.8 Å². The average molecular weight is 367 g/mol. The van der Waals surface area contributed by atoms with Crippen LogP contribution >= 0.6 is 11.6 Å². The number of benzene rings is 1. The molecule has 2 unspecified atom stereocenters. The first-order valence-electron chi connectivity index (χ1n) is 9.16. The Morgan fingerprint density at radius 3 is 2.48 bits per heavy atom. The van der Waals surface area contributed by atoms with Crippen molar-refractivity contribution >= 4 is 23.2 Å². The first-order chi connectivity index (χ1) is 12.0. The number of carbonyl (C=O) groups excluding carboxylic acids is 2. The van der Waals surface area contributed by atoms with Gasteiger partial charge in [-0.25, -0.2) is 4.39 Å². The Labute approximate surface area is 152 Å². The molecule has 1 aromatic carbocycles. The minimum Gasteiger partial charge on any atom is -0.492 e.